The van der Waals surface area contributed by atoms with Crippen LogP contribution < -0.4 is 5.32 Å². The predicted molar refractivity (Wildman–Crippen MR) is 74.4 cm³/mol. The van der Waals surface area contributed by atoms with Crippen LogP contribution in [-0.4, -0.2) is 12.1 Å². The van der Waals surface area contributed by atoms with Crippen molar-refractivity contribution in [1.82, 2.24) is 5.32 Å². The lowest BCUT2D eigenvalue weighted by atomic mass is 10.0. The molecule has 1 aliphatic rings. The molecule has 2 atom stereocenters. The van der Waals surface area contributed by atoms with E-state index >= 15 is 0 Å². The van der Waals surface area contributed by atoms with Crippen molar-refractivity contribution in [3.8, 4) is 0 Å². The van der Waals surface area contributed by atoms with E-state index in [1.165, 1.54) is 17.5 Å². The zero-order valence-electron chi connectivity index (χ0n) is 11.6. The first-order chi connectivity index (χ1) is 7.99. The SMILES string of the molecule is CCc1ccc(C2CC2CNC(C)(C)C)cc1. The van der Waals surface area contributed by atoms with Gasteiger partial charge >= 0.3 is 0 Å². The van der Waals surface area contributed by atoms with Gasteiger partial charge in [-0.05, 0) is 63.1 Å². The predicted octanol–water partition coefficient (Wildman–Crippen LogP) is 3.74. The van der Waals surface area contributed by atoms with Gasteiger partial charge in [-0.2, -0.15) is 0 Å². The maximum atomic E-state index is 3.61. The number of rotatable bonds is 4. The molecule has 0 aromatic heterocycles. The van der Waals surface area contributed by atoms with Crippen molar-refractivity contribution in [2.75, 3.05) is 6.54 Å². The summed E-state index contributed by atoms with van der Waals surface area (Å²) in [6, 6.07) is 9.20. The zero-order valence-corrected chi connectivity index (χ0v) is 11.6. The lowest BCUT2D eigenvalue weighted by Gasteiger charge is -2.20. The molecule has 17 heavy (non-hydrogen) atoms. The second-order valence-electron chi connectivity index (χ2n) is 6.33. The molecular formula is C16H25N. The van der Waals surface area contributed by atoms with Crippen molar-refractivity contribution in [3.63, 3.8) is 0 Å². The molecule has 0 bridgehead atoms. The van der Waals surface area contributed by atoms with Crippen molar-refractivity contribution in [1.29, 1.82) is 0 Å². The number of hydrogen-bond donors (Lipinski definition) is 1. The largest absolute Gasteiger partial charge is 0.312 e. The molecule has 1 fully saturated rings. The molecule has 0 spiro atoms. The summed E-state index contributed by atoms with van der Waals surface area (Å²) in [6.07, 6.45) is 2.49. The van der Waals surface area contributed by atoms with Crippen LogP contribution in [-0.2, 0) is 6.42 Å². The zero-order chi connectivity index (χ0) is 12.5. The Hall–Kier alpha value is -0.820. The van der Waals surface area contributed by atoms with Crippen LogP contribution in [0, 0.1) is 5.92 Å². The molecule has 1 saturated carbocycles. The molecule has 0 radical (unpaired) electrons. The molecule has 1 aromatic rings. The van der Waals surface area contributed by atoms with Crippen molar-refractivity contribution < 1.29 is 0 Å². The Morgan fingerprint density at radius 1 is 1.18 bits per heavy atom. The van der Waals surface area contributed by atoms with Gasteiger partial charge in [0.2, 0.25) is 0 Å². The standard InChI is InChI=1S/C16H25N/c1-5-12-6-8-13(9-7-12)15-10-14(15)11-17-16(2,3)4/h6-9,14-15,17H,5,10-11H2,1-4H3. The van der Waals surface area contributed by atoms with E-state index in [1.54, 1.807) is 0 Å². The van der Waals surface area contributed by atoms with Crippen molar-refractivity contribution >= 4 is 0 Å². The Morgan fingerprint density at radius 2 is 1.82 bits per heavy atom. The molecule has 94 valence electrons. The first-order valence-electron chi connectivity index (χ1n) is 6.83. The van der Waals surface area contributed by atoms with E-state index in [0.29, 0.717) is 0 Å². The second-order valence-corrected chi connectivity index (χ2v) is 6.33. The topological polar surface area (TPSA) is 12.0 Å². The third-order valence-electron chi connectivity index (χ3n) is 3.63. The van der Waals surface area contributed by atoms with Gasteiger partial charge in [-0.25, -0.2) is 0 Å². The van der Waals surface area contributed by atoms with Gasteiger partial charge < -0.3 is 5.32 Å². The Morgan fingerprint density at radius 3 is 2.35 bits per heavy atom. The average molecular weight is 231 g/mol. The minimum Gasteiger partial charge on any atom is -0.312 e. The first-order valence-corrected chi connectivity index (χ1v) is 6.83. The summed E-state index contributed by atoms with van der Waals surface area (Å²) >= 11 is 0. The van der Waals surface area contributed by atoms with Gasteiger partial charge in [0.15, 0.2) is 0 Å². The molecule has 0 amide bonds. The molecule has 1 nitrogen and oxygen atoms in total. The van der Waals surface area contributed by atoms with Crippen molar-refractivity contribution in [3.05, 3.63) is 35.4 Å². The van der Waals surface area contributed by atoms with E-state index in [4.69, 9.17) is 0 Å². The number of nitrogens with one attached hydrogen (secondary N) is 1. The molecule has 0 aliphatic heterocycles. The van der Waals surface area contributed by atoms with Gasteiger partial charge in [0.05, 0.1) is 0 Å². The fraction of sp³-hybridized carbons (Fsp3) is 0.625. The maximum Gasteiger partial charge on any atom is 0.00966 e. The lowest BCUT2D eigenvalue weighted by Crippen LogP contribution is -2.37. The van der Waals surface area contributed by atoms with E-state index in [2.05, 4.69) is 57.3 Å². The third-order valence-corrected chi connectivity index (χ3v) is 3.63. The molecule has 1 aromatic carbocycles. The highest BCUT2D eigenvalue weighted by atomic mass is 15.0. The van der Waals surface area contributed by atoms with Crippen LogP contribution in [0.15, 0.2) is 24.3 Å². The van der Waals surface area contributed by atoms with Gasteiger partial charge in [0, 0.05) is 5.54 Å². The van der Waals surface area contributed by atoms with Gasteiger partial charge in [-0.15, -0.1) is 0 Å². The highest BCUT2D eigenvalue weighted by molar-refractivity contribution is 5.29. The average Bonchev–Trinajstić information content (AvgIpc) is 3.05. The Balaban J connectivity index is 1.85. The second kappa shape index (κ2) is 4.81. The van der Waals surface area contributed by atoms with E-state index in [9.17, 15) is 0 Å². The van der Waals surface area contributed by atoms with E-state index in [0.717, 1.165) is 24.8 Å². The number of hydrogen-bond acceptors (Lipinski definition) is 1. The van der Waals surface area contributed by atoms with E-state index in [-0.39, 0.29) is 5.54 Å². The molecule has 2 rings (SSSR count). The summed E-state index contributed by atoms with van der Waals surface area (Å²) in [5.41, 5.74) is 3.22. The van der Waals surface area contributed by atoms with Crippen LogP contribution in [0.2, 0.25) is 0 Å². The summed E-state index contributed by atoms with van der Waals surface area (Å²) in [7, 11) is 0. The number of benzene rings is 1. The summed E-state index contributed by atoms with van der Waals surface area (Å²) in [6.45, 7) is 10.1. The van der Waals surface area contributed by atoms with Crippen LogP contribution >= 0.6 is 0 Å². The normalized spacial score (nSPS) is 23.8. The third kappa shape index (κ3) is 3.57. The van der Waals surface area contributed by atoms with Crippen LogP contribution in [0.4, 0.5) is 0 Å². The van der Waals surface area contributed by atoms with Gasteiger partial charge in [0.1, 0.15) is 0 Å². The van der Waals surface area contributed by atoms with Crippen LogP contribution in [0.1, 0.15) is 51.2 Å². The minimum absolute atomic E-state index is 0.249. The summed E-state index contributed by atoms with van der Waals surface area (Å²) in [5.74, 6) is 1.65. The minimum atomic E-state index is 0.249. The first kappa shape index (κ1) is 12.6. The maximum absolute atomic E-state index is 3.61. The molecule has 1 heteroatoms. The van der Waals surface area contributed by atoms with Gasteiger partial charge in [-0.1, -0.05) is 31.2 Å². The molecule has 1 N–H and O–H groups in total. The number of aryl methyl sites for hydroxylation is 1. The highest BCUT2D eigenvalue weighted by Crippen LogP contribution is 2.47. The highest BCUT2D eigenvalue weighted by Gasteiger charge is 2.38. The van der Waals surface area contributed by atoms with Gasteiger partial charge in [-0.3, -0.25) is 0 Å². The lowest BCUT2D eigenvalue weighted by molar-refractivity contribution is 0.414. The molecular weight excluding hydrogens is 206 g/mol. The molecule has 1 aliphatic carbocycles. The summed E-state index contributed by atoms with van der Waals surface area (Å²) in [5, 5.41) is 3.61. The van der Waals surface area contributed by atoms with E-state index in [1.807, 2.05) is 0 Å². The van der Waals surface area contributed by atoms with Crippen molar-refractivity contribution in [2.45, 2.75) is 52.0 Å². The smallest absolute Gasteiger partial charge is 0.00966 e. The van der Waals surface area contributed by atoms with Crippen molar-refractivity contribution in [2.24, 2.45) is 5.92 Å². The van der Waals surface area contributed by atoms with Crippen LogP contribution in [0.3, 0.4) is 0 Å². The van der Waals surface area contributed by atoms with Crippen LogP contribution in [0.5, 0.6) is 0 Å². The van der Waals surface area contributed by atoms with E-state index < -0.39 is 0 Å². The Bertz CT molecular complexity index is 358. The fourth-order valence-corrected chi connectivity index (χ4v) is 2.32. The molecule has 2 unspecified atom stereocenters. The Kier molecular flexibility index (Phi) is 3.58. The molecule has 0 saturated heterocycles. The van der Waals surface area contributed by atoms with Gasteiger partial charge in [0.25, 0.3) is 0 Å². The monoisotopic (exact) mass is 231 g/mol. The molecule has 0 heterocycles. The fourth-order valence-electron chi connectivity index (χ4n) is 2.32. The summed E-state index contributed by atoms with van der Waals surface area (Å²) < 4.78 is 0. The quantitative estimate of drug-likeness (QED) is 0.832. The van der Waals surface area contributed by atoms with Crippen LogP contribution in [0.25, 0.3) is 0 Å². The summed E-state index contributed by atoms with van der Waals surface area (Å²) in [4.78, 5) is 0. The Labute approximate surface area is 106 Å².